The first-order valence-corrected chi connectivity index (χ1v) is 9.92. The number of hydrogen-bond donors (Lipinski definition) is 4. The van der Waals surface area contributed by atoms with E-state index in [1.165, 1.54) is 0 Å². The molecule has 1 saturated heterocycles. The number of carbonyl (C=O) groups is 2. The summed E-state index contributed by atoms with van der Waals surface area (Å²) in [6, 6.07) is 16.4. The van der Waals surface area contributed by atoms with Gasteiger partial charge in [-0.05, 0) is 53.6 Å². The Morgan fingerprint density at radius 3 is 2.34 bits per heavy atom. The van der Waals surface area contributed by atoms with Crippen LogP contribution in [-0.2, 0) is 11.0 Å². The Labute approximate surface area is 181 Å². The summed E-state index contributed by atoms with van der Waals surface area (Å²) in [5, 5.41) is 19.8. The van der Waals surface area contributed by atoms with Crippen LogP contribution in [-0.4, -0.2) is 29.3 Å². The van der Waals surface area contributed by atoms with Gasteiger partial charge in [-0.1, -0.05) is 42.5 Å². The van der Waals surface area contributed by atoms with Crippen LogP contribution in [0.2, 0.25) is 0 Å². The van der Waals surface area contributed by atoms with Crippen LogP contribution in [0.15, 0.2) is 66.7 Å². The first kappa shape index (κ1) is 21.6. The molecule has 0 radical (unpaired) electrons. The molecule has 9 heteroatoms. The van der Waals surface area contributed by atoms with Gasteiger partial charge in [0.1, 0.15) is 0 Å². The topological polar surface area (TPSA) is 90.5 Å². The van der Waals surface area contributed by atoms with Crippen molar-refractivity contribution in [3.8, 4) is 0 Å². The predicted molar refractivity (Wildman–Crippen MR) is 113 cm³/mol. The molecular weight excluding hydrogens is 423 g/mol. The minimum absolute atomic E-state index is 0.108. The number of aliphatic carboxylic acids is 1. The number of fused-ring (bicyclic) bond motifs is 1. The SMILES string of the molecule is O=C(Nc1ccc(C(F)(F)F)cc1)N[C@]1(C(=O)O)NCCC1c1ccc2ccccc2c1. The number of carboxylic acids is 1. The summed E-state index contributed by atoms with van der Waals surface area (Å²) in [6.07, 6.45) is -4.01. The van der Waals surface area contributed by atoms with Gasteiger partial charge in [0.25, 0.3) is 0 Å². The summed E-state index contributed by atoms with van der Waals surface area (Å²) in [6.45, 7) is 0.365. The Balaban J connectivity index is 1.57. The number of nitrogens with one attached hydrogen (secondary N) is 3. The van der Waals surface area contributed by atoms with Crippen LogP contribution < -0.4 is 16.0 Å². The number of carboxylic acid groups (broad SMARTS) is 1. The summed E-state index contributed by atoms with van der Waals surface area (Å²) in [5.74, 6) is -1.81. The normalized spacial score (nSPS) is 20.8. The molecule has 0 bridgehead atoms. The zero-order valence-electron chi connectivity index (χ0n) is 16.7. The van der Waals surface area contributed by atoms with E-state index >= 15 is 0 Å². The number of alkyl halides is 3. The highest BCUT2D eigenvalue weighted by Gasteiger charge is 2.51. The standard InChI is InChI=1S/C23H20F3N3O3/c24-23(25,26)17-7-9-18(10-8-17)28-21(32)29-22(20(30)31)19(11-12-27-22)16-6-5-14-3-1-2-4-15(14)13-16/h1-10,13,19,27H,11-12H2,(H,30,31)(H2,28,29,32)/t19?,22-/m1/s1. The summed E-state index contributed by atoms with van der Waals surface area (Å²) < 4.78 is 38.2. The number of amides is 2. The third kappa shape index (κ3) is 4.11. The maximum absolute atomic E-state index is 12.7. The molecule has 0 aromatic heterocycles. The van der Waals surface area contributed by atoms with Crippen molar-refractivity contribution in [2.24, 2.45) is 0 Å². The molecule has 3 aromatic rings. The van der Waals surface area contributed by atoms with Gasteiger partial charge in [-0.25, -0.2) is 9.59 Å². The fourth-order valence-electron chi connectivity index (χ4n) is 4.09. The molecule has 0 saturated carbocycles. The second-order valence-corrected chi connectivity index (χ2v) is 7.64. The number of hydrogen-bond acceptors (Lipinski definition) is 3. The van der Waals surface area contributed by atoms with E-state index in [1.807, 2.05) is 42.5 Å². The van der Waals surface area contributed by atoms with Gasteiger partial charge in [0.15, 0.2) is 5.66 Å². The van der Waals surface area contributed by atoms with E-state index in [-0.39, 0.29) is 5.69 Å². The Hall–Kier alpha value is -3.59. The molecular formula is C23H20F3N3O3. The first-order chi connectivity index (χ1) is 15.2. The minimum Gasteiger partial charge on any atom is -0.478 e. The van der Waals surface area contributed by atoms with Crippen LogP contribution >= 0.6 is 0 Å². The summed E-state index contributed by atoms with van der Waals surface area (Å²) in [4.78, 5) is 24.9. The van der Waals surface area contributed by atoms with Crippen molar-refractivity contribution in [3.05, 3.63) is 77.9 Å². The van der Waals surface area contributed by atoms with Gasteiger partial charge < -0.3 is 15.7 Å². The number of halogens is 3. The van der Waals surface area contributed by atoms with E-state index in [0.29, 0.717) is 13.0 Å². The highest BCUT2D eigenvalue weighted by Crippen LogP contribution is 2.36. The number of carbonyl (C=O) groups excluding carboxylic acids is 1. The molecule has 2 amide bonds. The van der Waals surface area contributed by atoms with E-state index in [4.69, 9.17) is 0 Å². The third-order valence-electron chi connectivity index (χ3n) is 5.65. The molecule has 3 aromatic carbocycles. The zero-order chi connectivity index (χ0) is 22.9. The monoisotopic (exact) mass is 443 g/mol. The molecule has 2 atom stereocenters. The van der Waals surface area contributed by atoms with Gasteiger partial charge >= 0.3 is 18.2 Å². The average Bonchev–Trinajstić information content (AvgIpc) is 3.18. The number of benzene rings is 3. The largest absolute Gasteiger partial charge is 0.478 e. The molecule has 4 N–H and O–H groups in total. The highest BCUT2D eigenvalue weighted by atomic mass is 19.4. The zero-order valence-corrected chi connectivity index (χ0v) is 16.7. The lowest BCUT2D eigenvalue weighted by Gasteiger charge is -2.32. The van der Waals surface area contributed by atoms with Crippen molar-refractivity contribution in [1.29, 1.82) is 0 Å². The lowest BCUT2D eigenvalue weighted by molar-refractivity contribution is -0.146. The second kappa shape index (κ2) is 8.16. The Morgan fingerprint density at radius 1 is 1.00 bits per heavy atom. The van der Waals surface area contributed by atoms with Crippen LogP contribution in [0.5, 0.6) is 0 Å². The van der Waals surface area contributed by atoms with Gasteiger partial charge in [-0.15, -0.1) is 0 Å². The lowest BCUT2D eigenvalue weighted by Crippen LogP contribution is -2.64. The Kier molecular flexibility index (Phi) is 5.52. The van der Waals surface area contributed by atoms with Crippen molar-refractivity contribution in [2.75, 3.05) is 11.9 Å². The fourth-order valence-corrected chi connectivity index (χ4v) is 4.09. The van der Waals surface area contributed by atoms with E-state index in [9.17, 15) is 27.9 Å². The summed E-state index contributed by atoms with van der Waals surface area (Å²) in [7, 11) is 0. The van der Waals surface area contributed by atoms with Gasteiger partial charge in [0, 0.05) is 11.6 Å². The van der Waals surface area contributed by atoms with Gasteiger partial charge in [-0.3, -0.25) is 5.32 Å². The van der Waals surface area contributed by atoms with Gasteiger partial charge in [-0.2, -0.15) is 13.2 Å². The van der Waals surface area contributed by atoms with Crippen LogP contribution in [0.1, 0.15) is 23.5 Å². The van der Waals surface area contributed by atoms with Crippen molar-refractivity contribution in [2.45, 2.75) is 24.2 Å². The van der Waals surface area contributed by atoms with Gasteiger partial charge in [0.05, 0.1) is 5.56 Å². The number of urea groups is 1. The van der Waals surface area contributed by atoms with E-state index in [2.05, 4.69) is 16.0 Å². The van der Waals surface area contributed by atoms with Crippen LogP contribution in [0.4, 0.5) is 23.7 Å². The van der Waals surface area contributed by atoms with Crippen molar-refractivity contribution in [3.63, 3.8) is 0 Å². The molecule has 1 unspecified atom stereocenters. The molecule has 6 nitrogen and oxygen atoms in total. The van der Waals surface area contributed by atoms with E-state index in [0.717, 1.165) is 40.6 Å². The van der Waals surface area contributed by atoms with Crippen LogP contribution in [0.3, 0.4) is 0 Å². The fraction of sp³-hybridized carbons (Fsp3) is 0.217. The molecule has 1 aliphatic rings. The molecule has 0 spiro atoms. The second-order valence-electron chi connectivity index (χ2n) is 7.64. The minimum atomic E-state index is -4.49. The predicted octanol–water partition coefficient (Wildman–Crippen LogP) is 4.54. The highest BCUT2D eigenvalue weighted by molar-refractivity contribution is 5.94. The Morgan fingerprint density at radius 2 is 1.69 bits per heavy atom. The number of rotatable bonds is 4. The molecule has 4 rings (SSSR count). The van der Waals surface area contributed by atoms with E-state index < -0.39 is 35.3 Å². The van der Waals surface area contributed by atoms with Crippen molar-refractivity contribution in [1.82, 2.24) is 10.6 Å². The molecule has 0 aliphatic carbocycles. The average molecular weight is 443 g/mol. The third-order valence-corrected chi connectivity index (χ3v) is 5.65. The van der Waals surface area contributed by atoms with Gasteiger partial charge in [0.2, 0.25) is 0 Å². The maximum atomic E-state index is 12.7. The number of anilines is 1. The molecule has 1 fully saturated rings. The van der Waals surface area contributed by atoms with Crippen LogP contribution in [0, 0.1) is 0 Å². The van der Waals surface area contributed by atoms with Crippen molar-refractivity contribution < 1.29 is 27.9 Å². The van der Waals surface area contributed by atoms with Crippen LogP contribution in [0.25, 0.3) is 10.8 Å². The maximum Gasteiger partial charge on any atom is 0.416 e. The first-order valence-electron chi connectivity index (χ1n) is 9.92. The summed E-state index contributed by atoms with van der Waals surface area (Å²) in [5.41, 5.74) is -1.75. The molecule has 1 aliphatic heterocycles. The molecule has 1 heterocycles. The molecule has 32 heavy (non-hydrogen) atoms. The smallest absolute Gasteiger partial charge is 0.416 e. The van der Waals surface area contributed by atoms with Crippen molar-refractivity contribution >= 4 is 28.5 Å². The lowest BCUT2D eigenvalue weighted by atomic mass is 9.85. The quantitative estimate of drug-likeness (QED) is 0.477. The summed E-state index contributed by atoms with van der Waals surface area (Å²) >= 11 is 0. The van der Waals surface area contributed by atoms with E-state index in [1.54, 1.807) is 0 Å². The molecule has 166 valence electrons. The Bertz CT molecular complexity index is 1160.